The second-order valence-corrected chi connectivity index (χ2v) is 8.74. The minimum Gasteiger partial charge on any atom is -0.481 e. The monoisotopic (exact) mass is 466 g/mol. The van der Waals surface area contributed by atoms with Crippen LogP contribution in [0.4, 0.5) is 4.79 Å². The smallest absolute Gasteiger partial charge is 0.407 e. The third kappa shape index (κ3) is 5.07. The molecule has 1 fully saturated rings. The standard InChI is InChI=1S/C26H30N2O6/c1-2-16(25(30)31)13-27-24(29)23-17(11-12-33-23)14-28-26(32)34-15-22-20-9-5-3-7-18(20)19-8-4-6-10-21(19)22/h3-10,16-17,22-23H,2,11-15H2,1H3,(H,27,29)(H,28,32)(H,30,31). The summed E-state index contributed by atoms with van der Waals surface area (Å²) in [5.41, 5.74) is 4.61. The average molecular weight is 467 g/mol. The first kappa shape index (κ1) is 23.8. The maximum atomic E-state index is 12.5. The summed E-state index contributed by atoms with van der Waals surface area (Å²) in [4.78, 5) is 36.1. The first-order chi connectivity index (χ1) is 16.5. The van der Waals surface area contributed by atoms with Crippen LogP contribution in [0.15, 0.2) is 48.5 Å². The zero-order chi connectivity index (χ0) is 24.1. The number of hydrogen-bond donors (Lipinski definition) is 3. The Bertz CT molecular complexity index is 1010. The zero-order valence-corrected chi connectivity index (χ0v) is 19.2. The van der Waals surface area contributed by atoms with E-state index in [0.29, 0.717) is 19.4 Å². The molecule has 1 aliphatic heterocycles. The van der Waals surface area contributed by atoms with Gasteiger partial charge < -0.3 is 25.2 Å². The van der Waals surface area contributed by atoms with Crippen molar-refractivity contribution in [3.63, 3.8) is 0 Å². The summed E-state index contributed by atoms with van der Waals surface area (Å²) in [5.74, 6) is -2.15. The van der Waals surface area contributed by atoms with Gasteiger partial charge in [0.15, 0.2) is 0 Å². The quantitative estimate of drug-likeness (QED) is 0.523. The lowest BCUT2D eigenvalue weighted by Gasteiger charge is -2.20. The fraction of sp³-hybridized carbons (Fsp3) is 0.423. The SMILES string of the molecule is CCC(CNC(=O)C1OCCC1CNC(=O)OCC1c2ccccc2-c2ccccc21)C(=O)O. The summed E-state index contributed by atoms with van der Waals surface area (Å²) in [6, 6.07) is 16.3. The van der Waals surface area contributed by atoms with Crippen molar-refractivity contribution in [3.05, 3.63) is 59.7 Å². The van der Waals surface area contributed by atoms with Gasteiger partial charge in [0.2, 0.25) is 5.91 Å². The minimum atomic E-state index is -0.941. The van der Waals surface area contributed by atoms with Crippen LogP contribution < -0.4 is 10.6 Å². The number of ether oxygens (including phenoxy) is 2. The molecule has 0 saturated carbocycles. The summed E-state index contributed by atoms with van der Waals surface area (Å²) in [5, 5.41) is 14.6. The number of alkyl carbamates (subject to hydrolysis) is 1. The summed E-state index contributed by atoms with van der Waals surface area (Å²) in [6.45, 7) is 2.68. The number of carboxylic acid groups (broad SMARTS) is 1. The van der Waals surface area contributed by atoms with Gasteiger partial charge in [0, 0.05) is 31.5 Å². The van der Waals surface area contributed by atoms with Crippen molar-refractivity contribution in [3.8, 4) is 11.1 Å². The lowest BCUT2D eigenvalue weighted by Crippen LogP contribution is -2.44. The Morgan fingerprint density at radius 1 is 1.06 bits per heavy atom. The van der Waals surface area contributed by atoms with E-state index in [4.69, 9.17) is 14.6 Å². The number of benzene rings is 2. The first-order valence-electron chi connectivity index (χ1n) is 11.7. The van der Waals surface area contributed by atoms with Gasteiger partial charge >= 0.3 is 12.1 Å². The molecule has 1 heterocycles. The zero-order valence-electron chi connectivity index (χ0n) is 19.2. The molecule has 0 spiro atoms. The van der Waals surface area contributed by atoms with Crippen LogP contribution >= 0.6 is 0 Å². The molecule has 2 aromatic rings. The highest BCUT2D eigenvalue weighted by atomic mass is 16.5. The number of carbonyl (C=O) groups is 3. The van der Waals surface area contributed by atoms with Crippen LogP contribution in [0.1, 0.15) is 36.8 Å². The normalized spacial score (nSPS) is 19.7. The van der Waals surface area contributed by atoms with E-state index in [1.54, 1.807) is 6.92 Å². The molecular weight excluding hydrogens is 436 g/mol. The van der Waals surface area contributed by atoms with Crippen LogP contribution in [0.2, 0.25) is 0 Å². The molecule has 2 aliphatic rings. The van der Waals surface area contributed by atoms with Crippen molar-refractivity contribution >= 4 is 18.0 Å². The fourth-order valence-electron chi connectivity index (χ4n) is 4.73. The molecule has 8 nitrogen and oxygen atoms in total. The van der Waals surface area contributed by atoms with E-state index >= 15 is 0 Å². The molecule has 34 heavy (non-hydrogen) atoms. The van der Waals surface area contributed by atoms with Crippen LogP contribution in [-0.4, -0.2) is 55.5 Å². The van der Waals surface area contributed by atoms with E-state index in [1.165, 1.54) is 0 Å². The third-order valence-electron chi connectivity index (χ3n) is 6.69. The molecule has 3 N–H and O–H groups in total. The van der Waals surface area contributed by atoms with Gasteiger partial charge in [-0.3, -0.25) is 9.59 Å². The molecule has 0 bridgehead atoms. The fourth-order valence-corrected chi connectivity index (χ4v) is 4.73. The average Bonchev–Trinajstić information content (AvgIpc) is 3.44. The van der Waals surface area contributed by atoms with Crippen molar-refractivity contribution in [2.24, 2.45) is 11.8 Å². The Balaban J connectivity index is 1.28. The van der Waals surface area contributed by atoms with Gasteiger partial charge in [0.25, 0.3) is 0 Å². The van der Waals surface area contributed by atoms with Gasteiger partial charge in [-0.2, -0.15) is 0 Å². The molecule has 0 radical (unpaired) electrons. The second kappa shape index (κ2) is 10.7. The Hall–Kier alpha value is -3.39. The summed E-state index contributed by atoms with van der Waals surface area (Å²) >= 11 is 0. The first-order valence-corrected chi connectivity index (χ1v) is 11.7. The maximum absolute atomic E-state index is 12.5. The van der Waals surface area contributed by atoms with Gasteiger partial charge in [0.1, 0.15) is 12.7 Å². The van der Waals surface area contributed by atoms with Crippen molar-refractivity contribution in [2.45, 2.75) is 31.8 Å². The van der Waals surface area contributed by atoms with Crippen LogP contribution in [0.5, 0.6) is 0 Å². The Labute approximate surface area is 198 Å². The van der Waals surface area contributed by atoms with Crippen LogP contribution in [-0.2, 0) is 19.1 Å². The Morgan fingerprint density at radius 2 is 1.71 bits per heavy atom. The van der Waals surface area contributed by atoms with E-state index in [-0.39, 0.29) is 37.4 Å². The number of fused-ring (bicyclic) bond motifs is 3. The second-order valence-electron chi connectivity index (χ2n) is 8.74. The third-order valence-corrected chi connectivity index (χ3v) is 6.69. The molecule has 8 heteroatoms. The van der Waals surface area contributed by atoms with Crippen molar-refractivity contribution in [2.75, 3.05) is 26.3 Å². The molecule has 3 atom stereocenters. The minimum absolute atomic E-state index is 0.0211. The van der Waals surface area contributed by atoms with Gasteiger partial charge in [-0.25, -0.2) is 4.79 Å². The number of carboxylic acids is 1. The van der Waals surface area contributed by atoms with E-state index in [9.17, 15) is 14.4 Å². The summed E-state index contributed by atoms with van der Waals surface area (Å²) in [7, 11) is 0. The molecule has 1 aliphatic carbocycles. The van der Waals surface area contributed by atoms with E-state index in [0.717, 1.165) is 22.3 Å². The van der Waals surface area contributed by atoms with E-state index in [2.05, 4.69) is 34.9 Å². The number of carbonyl (C=O) groups excluding carboxylic acids is 2. The molecular formula is C26H30N2O6. The highest BCUT2D eigenvalue weighted by Gasteiger charge is 2.35. The van der Waals surface area contributed by atoms with Crippen molar-refractivity contribution in [1.29, 1.82) is 0 Å². The van der Waals surface area contributed by atoms with Crippen LogP contribution in [0.3, 0.4) is 0 Å². The lowest BCUT2D eigenvalue weighted by atomic mass is 9.98. The highest BCUT2D eigenvalue weighted by Crippen LogP contribution is 2.44. The summed E-state index contributed by atoms with van der Waals surface area (Å²) in [6.07, 6.45) is -0.212. The Kier molecular flexibility index (Phi) is 7.47. The van der Waals surface area contributed by atoms with E-state index < -0.39 is 24.1 Å². The largest absolute Gasteiger partial charge is 0.481 e. The number of aliphatic carboxylic acids is 1. The number of amides is 2. The topological polar surface area (TPSA) is 114 Å². The molecule has 2 aromatic carbocycles. The van der Waals surface area contributed by atoms with Crippen LogP contribution in [0.25, 0.3) is 11.1 Å². The van der Waals surface area contributed by atoms with Crippen molar-refractivity contribution < 1.29 is 29.0 Å². The van der Waals surface area contributed by atoms with Crippen LogP contribution in [0, 0.1) is 11.8 Å². The molecule has 1 saturated heterocycles. The number of nitrogens with one attached hydrogen (secondary N) is 2. The maximum Gasteiger partial charge on any atom is 0.407 e. The molecule has 0 aromatic heterocycles. The van der Waals surface area contributed by atoms with Gasteiger partial charge in [-0.15, -0.1) is 0 Å². The van der Waals surface area contributed by atoms with E-state index in [1.807, 2.05) is 24.3 Å². The number of rotatable bonds is 9. The van der Waals surface area contributed by atoms with Crippen molar-refractivity contribution in [1.82, 2.24) is 10.6 Å². The predicted octanol–water partition coefficient (Wildman–Crippen LogP) is 3.16. The van der Waals surface area contributed by atoms with Gasteiger partial charge in [-0.05, 0) is 35.1 Å². The molecule has 4 rings (SSSR count). The van der Waals surface area contributed by atoms with Gasteiger partial charge in [-0.1, -0.05) is 55.5 Å². The number of hydrogen-bond acceptors (Lipinski definition) is 5. The Morgan fingerprint density at radius 3 is 2.32 bits per heavy atom. The predicted molar refractivity (Wildman–Crippen MR) is 125 cm³/mol. The summed E-state index contributed by atoms with van der Waals surface area (Å²) < 4.78 is 11.1. The van der Waals surface area contributed by atoms with Gasteiger partial charge in [0.05, 0.1) is 5.92 Å². The molecule has 180 valence electrons. The molecule has 3 unspecified atom stereocenters. The lowest BCUT2D eigenvalue weighted by molar-refractivity contribution is -0.142. The highest BCUT2D eigenvalue weighted by molar-refractivity contribution is 5.82. The molecule has 2 amide bonds.